The van der Waals surface area contributed by atoms with E-state index >= 15 is 0 Å². The second kappa shape index (κ2) is 8.21. The minimum atomic E-state index is -4.64. The van der Waals surface area contributed by atoms with Crippen LogP contribution >= 0.6 is 0 Å². The fourth-order valence-electron chi connectivity index (χ4n) is 3.13. The van der Waals surface area contributed by atoms with Gasteiger partial charge in [0.2, 0.25) is 11.5 Å². The van der Waals surface area contributed by atoms with Gasteiger partial charge in [-0.05, 0) is 25.0 Å². The lowest BCUT2D eigenvalue weighted by molar-refractivity contribution is -0.145. The molecule has 0 unspecified atom stereocenters. The maximum atomic E-state index is 13.6. The molecule has 1 saturated heterocycles. The summed E-state index contributed by atoms with van der Waals surface area (Å²) in [5.74, 6) is -1.40. The van der Waals surface area contributed by atoms with E-state index in [1.807, 2.05) is 0 Å². The molecular formula is C19H17F4N5O. The van der Waals surface area contributed by atoms with Gasteiger partial charge in [-0.15, -0.1) is 0 Å². The summed E-state index contributed by atoms with van der Waals surface area (Å²) in [6, 6.07) is 0.603. The van der Waals surface area contributed by atoms with Gasteiger partial charge in [0.25, 0.3) is 0 Å². The first-order chi connectivity index (χ1) is 13.7. The van der Waals surface area contributed by atoms with Crippen LogP contribution in [-0.2, 0) is 17.4 Å². The Kier molecular flexibility index (Phi) is 5.88. The zero-order valence-corrected chi connectivity index (χ0v) is 15.4. The van der Waals surface area contributed by atoms with E-state index in [0.717, 1.165) is 12.4 Å². The van der Waals surface area contributed by atoms with Crippen LogP contribution in [0.25, 0.3) is 16.1 Å². The molecule has 0 spiro atoms. The Morgan fingerprint density at radius 2 is 1.97 bits per heavy atom. The fraction of sp³-hybridized carbons (Fsp3) is 0.421. The first-order valence-corrected chi connectivity index (χ1v) is 8.88. The van der Waals surface area contributed by atoms with Crippen LogP contribution in [0.1, 0.15) is 31.2 Å². The largest absolute Gasteiger partial charge is 0.451 e. The first kappa shape index (κ1) is 20.8. The summed E-state index contributed by atoms with van der Waals surface area (Å²) < 4.78 is 51.4. The molecule has 1 aliphatic heterocycles. The number of halogens is 4. The number of rotatable bonds is 5. The maximum Gasteiger partial charge on any atom is 0.451 e. The minimum Gasteiger partial charge on any atom is -0.302 e. The fourth-order valence-corrected chi connectivity index (χ4v) is 3.13. The molecule has 0 bridgehead atoms. The molecule has 29 heavy (non-hydrogen) atoms. The highest BCUT2D eigenvalue weighted by Gasteiger charge is 2.35. The normalized spacial score (nSPS) is 21.7. The summed E-state index contributed by atoms with van der Waals surface area (Å²) in [4.78, 5) is 26.4. The molecule has 2 aromatic heterocycles. The van der Waals surface area contributed by atoms with Crippen molar-refractivity contribution in [3.05, 3.63) is 47.5 Å². The van der Waals surface area contributed by atoms with Crippen LogP contribution in [0, 0.1) is 6.57 Å². The van der Waals surface area contributed by atoms with Gasteiger partial charge in [0.15, 0.2) is 0 Å². The summed E-state index contributed by atoms with van der Waals surface area (Å²) in [5.41, 5.74) is 1.32. The molecule has 1 fully saturated rings. The quantitative estimate of drug-likeness (QED) is 0.605. The number of ketones is 1. The van der Waals surface area contributed by atoms with Crippen molar-refractivity contribution in [3.63, 3.8) is 0 Å². The highest BCUT2D eigenvalue weighted by molar-refractivity contribution is 5.85. The van der Waals surface area contributed by atoms with Gasteiger partial charge < -0.3 is 5.32 Å². The molecule has 2 aromatic rings. The van der Waals surface area contributed by atoms with E-state index < -0.39 is 24.2 Å². The molecule has 3 rings (SSSR count). The minimum absolute atomic E-state index is 0.104. The number of nitrogens with zero attached hydrogens (tertiary/aromatic N) is 4. The van der Waals surface area contributed by atoms with Crippen LogP contribution in [0.4, 0.5) is 23.2 Å². The Morgan fingerprint density at radius 3 is 2.52 bits per heavy atom. The summed E-state index contributed by atoms with van der Waals surface area (Å²) in [7, 11) is 0. The summed E-state index contributed by atoms with van der Waals surface area (Å²) in [6.45, 7) is 8.93. The topological polar surface area (TPSA) is 72.1 Å². The van der Waals surface area contributed by atoms with Crippen molar-refractivity contribution in [1.29, 1.82) is 0 Å². The molecule has 10 heteroatoms. The van der Waals surface area contributed by atoms with Crippen molar-refractivity contribution in [1.82, 2.24) is 20.3 Å². The second-order valence-corrected chi connectivity index (χ2v) is 6.83. The maximum absolute atomic E-state index is 13.6. The standard InChI is InChI=1S/C19H17F4N5O/c1-10-13(20)6-15(28-10)17(29)4-3-11-5-14(25-9-16(11)24-2)12-7-26-18(27-8-12)19(21,22)23/h5,7-10,13,15,28H,3-4,6H2,1H3/t10-,13+,15-/m0/s1. The number of hydrogen-bond donors (Lipinski definition) is 1. The lowest BCUT2D eigenvalue weighted by atomic mass is 10.0. The zero-order chi connectivity index (χ0) is 21.2. The molecule has 152 valence electrons. The lowest BCUT2D eigenvalue weighted by Gasteiger charge is -2.11. The molecule has 0 saturated carbocycles. The number of nitrogens with one attached hydrogen (secondary N) is 1. The van der Waals surface area contributed by atoms with E-state index in [0.29, 0.717) is 11.3 Å². The van der Waals surface area contributed by atoms with Crippen molar-refractivity contribution >= 4 is 11.5 Å². The molecule has 3 heterocycles. The number of pyridine rings is 1. The molecule has 3 atom stereocenters. The van der Waals surface area contributed by atoms with Crippen molar-refractivity contribution < 1.29 is 22.4 Å². The summed E-state index contributed by atoms with van der Waals surface area (Å²) in [6.07, 6.45) is -1.94. The van der Waals surface area contributed by atoms with Gasteiger partial charge >= 0.3 is 6.18 Å². The third-order valence-electron chi connectivity index (χ3n) is 4.78. The Bertz CT molecular complexity index is 929. The number of carbonyl (C=O) groups excluding carboxylic acids is 1. The monoisotopic (exact) mass is 407 g/mol. The van der Waals surface area contributed by atoms with Gasteiger partial charge in [-0.2, -0.15) is 13.2 Å². The van der Waals surface area contributed by atoms with E-state index in [-0.39, 0.29) is 42.3 Å². The van der Waals surface area contributed by atoms with Crippen LogP contribution in [0.3, 0.4) is 0 Å². The molecule has 0 amide bonds. The van der Waals surface area contributed by atoms with E-state index in [4.69, 9.17) is 6.57 Å². The van der Waals surface area contributed by atoms with Crippen molar-refractivity contribution in [2.24, 2.45) is 0 Å². The molecule has 0 aromatic carbocycles. The van der Waals surface area contributed by atoms with E-state index in [2.05, 4.69) is 25.1 Å². The van der Waals surface area contributed by atoms with Crippen LogP contribution in [0.15, 0.2) is 24.7 Å². The van der Waals surface area contributed by atoms with E-state index in [1.165, 1.54) is 12.3 Å². The van der Waals surface area contributed by atoms with Crippen LogP contribution in [0.2, 0.25) is 0 Å². The van der Waals surface area contributed by atoms with E-state index in [9.17, 15) is 22.4 Å². The van der Waals surface area contributed by atoms with Gasteiger partial charge in [0.1, 0.15) is 12.0 Å². The van der Waals surface area contributed by atoms with Gasteiger partial charge in [0.05, 0.1) is 18.3 Å². The smallest absolute Gasteiger partial charge is 0.302 e. The van der Waals surface area contributed by atoms with Gasteiger partial charge in [-0.3, -0.25) is 9.78 Å². The Morgan fingerprint density at radius 1 is 1.28 bits per heavy atom. The van der Waals surface area contributed by atoms with Gasteiger partial charge in [-0.1, -0.05) is 0 Å². The molecular weight excluding hydrogens is 390 g/mol. The van der Waals surface area contributed by atoms with E-state index in [1.54, 1.807) is 6.92 Å². The predicted octanol–water partition coefficient (Wildman–Crippen LogP) is 3.70. The Labute approximate surface area is 164 Å². The zero-order valence-electron chi connectivity index (χ0n) is 15.4. The average molecular weight is 407 g/mol. The molecule has 1 N–H and O–H groups in total. The molecule has 0 aliphatic carbocycles. The molecule has 6 nitrogen and oxygen atoms in total. The predicted molar refractivity (Wildman–Crippen MR) is 95.8 cm³/mol. The van der Waals surface area contributed by atoms with Crippen molar-refractivity contribution in [3.8, 4) is 11.3 Å². The van der Waals surface area contributed by atoms with Crippen molar-refractivity contribution in [2.45, 2.75) is 50.6 Å². The lowest BCUT2D eigenvalue weighted by Crippen LogP contribution is -2.35. The SMILES string of the molecule is [C-]#[N+]c1cnc(-c2cnc(C(F)(F)F)nc2)cc1CCC(=O)[C@@H]1C[C@@H](F)[C@H](C)N1. The van der Waals surface area contributed by atoms with Crippen LogP contribution in [0.5, 0.6) is 0 Å². The number of hydrogen-bond acceptors (Lipinski definition) is 5. The third-order valence-corrected chi connectivity index (χ3v) is 4.78. The first-order valence-electron chi connectivity index (χ1n) is 8.88. The van der Waals surface area contributed by atoms with Crippen LogP contribution in [-0.4, -0.2) is 39.0 Å². The highest BCUT2D eigenvalue weighted by atomic mass is 19.4. The summed E-state index contributed by atoms with van der Waals surface area (Å²) >= 11 is 0. The van der Waals surface area contributed by atoms with Crippen molar-refractivity contribution in [2.75, 3.05) is 0 Å². The summed E-state index contributed by atoms with van der Waals surface area (Å²) in [5, 5.41) is 2.92. The highest BCUT2D eigenvalue weighted by Crippen LogP contribution is 2.29. The number of Topliss-reactive ketones (excluding diaryl/α,β-unsaturated/α-hetero) is 1. The third kappa shape index (κ3) is 4.74. The number of carbonyl (C=O) groups is 1. The average Bonchev–Trinajstić information content (AvgIpc) is 3.04. The molecule has 0 radical (unpaired) electrons. The number of aromatic nitrogens is 3. The second-order valence-electron chi connectivity index (χ2n) is 6.83. The van der Waals surface area contributed by atoms with Gasteiger partial charge in [-0.25, -0.2) is 19.2 Å². The van der Waals surface area contributed by atoms with Crippen LogP contribution < -0.4 is 5.32 Å². The number of aryl methyl sites for hydroxylation is 1. The Hall–Kier alpha value is -2.93. The number of alkyl halides is 4. The van der Waals surface area contributed by atoms with Gasteiger partial charge in [0, 0.05) is 43.0 Å². The Balaban J connectivity index is 1.76. The molecule has 1 aliphatic rings.